The predicted molar refractivity (Wildman–Crippen MR) is 78.8 cm³/mol. The first-order valence-electron chi connectivity index (χ1n) is 6.44. The average Bonchev–Trinajstić information content (AvgIpc) is 3.09. The van der Waals surface area contributed by atoms with Crippen molar-refractivity contribution in [3.8, 4) is 0 Å². The lowest BCUT2D eigenvalue weighted by Crippen LogP contribution is -2.29. The number of rotatable bonds is 8. The molecule has 1 atom stereocenters. The molecule has 0 aromatic carbocycles. The number of aromatic amines is 1. The van der Waals surface area contributed by atoms with Gasteiger partial charge >= 0.3 is 0 Å². The summed E-state index contributed by atoms with van der Waals surface area (Å²) in [5.41, 5.74) is 0.908. The second-order valence-corrected chi connectivity index (χ2v) is 7.96. The standard InChI is InChI=1S/C12H21N3O2S2/c1-9(18-2)6-15-19(16,17)12-5-11(14-8-12)7-13-10-3-4-10/h5,8-10,13-15H,3-4,6-7H2,1-2H3. The Labute approximate surface area is 119 Å². The lowest BCUT2D eigenvalue weighted by atomic mass is 10.4. The monoisotopic (exact) mass is 303 g/mol. The molecular formula is C12H21N3O2S2. The maximum atomic E-state index is 12.1. The molecule has 1 fully saturated rings. The number of hydrogen-bond acceptors (Lipinski definition) is 4. The first-order valence-corrected chi connectivity index (χ1v) is 9.21. The van der Waals surface area contributed by atoms with Crippen molar-refractivity contribution in [2.45, 2.75) is 42.5 Å². The van der Waals surface area contributed by atoms with Gasteiger partial charge in [0.25, 0.3) is 0 Å². The van der Waals surface area contributed by atoms with Crippen LogP contribution >= 0.6 is 11.8 Å². The van der Waals surface area contributed by atoms with Crippen LogP contribution in [-0.2, 0) is 16.6 Å². The first kappa shape index (κ1) is 14.9. The maximum absolute atomic E-state index is 12.1. The van der Waals surface area contributed by atoms with E-state index in [0.717, 1.165) is 5.69 Å². The van der Waals surface area contributed by atoms with Crippen LogP contribution in [0, 0.1) is 0 Å². The summed E-state index contributed by atoms with van der Waals surface area (Å²) in [6.45, 7) is 3.14. The summed E-state index contributed by atoms with van der Waals surface area (Å²) in [7, 11) is -3.39. The number of hydrogen-bond donors (Lipinski definition) is 3. The van der Waals surface area contributed by atoms with Gasteiger partial charge in [-0.25, -0.2) is 13.1 Å². The Morgan fingerprint density at radius 3 is 2.89 bits per heavy atom. The molecule has 0 aliphatic heterocycles. The fourth-order valence-corrected chi connectivity index (χ4v) is 3.11. The van der Waals surface area contributed by atoms with E-state index in [0.29, 0.717) is 24.0 Å². The van der Waals surface area contributed by atoms with Crippen molar-refractivity contribution in [3.05, 3.63) is 18.0 Å². The molecule has 0 radical (unpaired) electrons. The van der Waals surface area contributed by atoms with Crippen molar-refractivity contribution < 1.29 is 8.42 Å². The SMILES string of the molecule is CSC(C)CNS(=O)(=O)c1c[nH]c(CNC2CC2)c1. The molecule has 0 spiro atoms. The third-order valence-electron chi connectivity index (χ3n) is 3.15. The third-order valence-corrected chi connectivity index (χ3v) is 5.52. The molecular weight excluding hydrogens is 282 g/mol. The number of thioether (sulfide) groups is 1. The van der Waals surface area contributed by atoms with E-state index in [1.165, 1.54) is 12.8 Å². The van der Waals surface area contributed by atoms with Crippen molar-refractivity contribution in [1.82, 2.24) is 15.0 Å². The fourth-order valence-electron chi connectivity index (χ4n) is 1.61. The van der Waals surface area contributed by atoms with Crippen LogP contribution in [0.25, 0.3) is 0 Å². The van der Waals surface area contributed by atoms with Gasteiger partial charge in [0, 0.05) is 36.3 Å². The first-order chi connectivity index (χ1) is 9.01. The van der Waals surface area contributed by atoms with E-state index in [9.17, 15) is 8.42 Å². The Hall–Kier alpha value is -0.500. The van der Waals surface area contributed by atoms with Crippen LogP contribution in [0.2, 0.25) is 0 Å². The molecule has 1 unspecified atom stereocenters. The van der Waals surface area contributed by atoms with Crippen molar-refractivity contribution in [2.24, 2.45) is 0 Å². The van der Waals surface area contributed by atoms with Gasteiger partial charge in [-0.05, 0) is 25.2 Å². The second kappa shape index (κ2) is 6.30. The van der Waals surface area contributed by atoms with E-state index < -0.39 is 10.0 Å². The molecule has 19 heavy (non-hydrogen) atoms. The molecule has 1 saturated carbocycles. The fraction of sp³-hybridized carbons (Fsp3) is 0.667. The highest BCUT2D eigenvalue weighted by Gasteiger charge is 2.21. The van der Waals surface area contributed by atoms with Crippen molar-refractivity contribution in [3.63, 3.8) is 0 Å². The van der Waals surface area contributed by atoms with Gasteiger partial charge in [0.05, 0.1) is 4.90 Å². The van der Waals surface area contributed by atoms with Gasteiger partial charge in [0.2, 0.25) is 10.0 Å². The molecule has 108 valence electrons. The zero-order chi connectivity index (χ0) is 13.9. The van der Waals surface area contributed by atoms with E-state index in [-0.39, 0.29) is 5.25 Å². The second-order valence-electron chi connectivity index (χ2n) is 4.91. The Bertz CT molecular complexity index is 509. The van der Waals surface area contributed by atoms with Gasteiger partial charge in [-0.15, -0.1) is 0 Å². The van der Waals surface area contributed by atoms with Gasteiger partial charge in [0.15, 0.2) is 0 Å². The van der Waals surface area contributed by atoms with Crippen LogP contribution in [0.3, 0.4) is 0 Å². The molecule has 1 aromatic heterocycles. The third kappa shape index (κ3) is 4.52. The highest BCUT2D eigenvalue weighted by molar-refractivity contribution is 7.99. The van der Waals surface area contributed by atoms with Crippen molar-refractivity contribution in [1.29, 1.82) is 0 Å². The lowest BCUT2D eigenvalue weighted by molar-refractivity contribution is 0.581. The molecule has 7 heteroatoms. The van der Waals surface area contributed by atoms with Crippen LogP contribution in [0.5, 0.6) is 0 Å². The highest BCUT2D eigenvalue weighted by atomic mass is 32.2. The van der Waals surface area contributed by atoms with E-state index >= 15 is 0 Å². The summed E-state index contributed by atoms with van der Waals surface area (Å²) in [4.78, 5) is 3.32. The molecule has 1 aromatic rings. The summed E-state index contributed by atoms with van der Waals surface area (Å²) < 4.78 is 26.7. The molecule has 1 aliphatic carbocycles. The van der Waals surface area contributed by atoms with Crippen LogP contribution in [-0.4, -0.2) is 37.5 Å². The van der Waals surface area contributed by atoms with Gasteiger partial charge in [-0.2, -0.15) is 11.8 Å². The number of sulfonamides is 1. The number of nitrogens with one attached hydrogen (secondary N) is 3. The molecule has 2 rings (SSSR count). The molecule has 1 aliphatic rings. The smallest absolute Gasteiger partial charge is 0.242 e. The topological polar surface area (TPSA) is 74.0 Å². The Kier molecular flexibility index (Phi) is 4.94. The normalized spacial score (nSPS) is 17.6. The van der Waals surface area contributed by atoms with E-state index in [4.69, 9.17) is 0 Å². The Morgan fingerprint density at radius 2 is 2.26 bits per heavy atom. The van der Waals surface area contributed by atoms with Crippen molar-refractivity contribution >= 4 is 21.8 Å². The number of aromatic nitrogens is 1. The maximum Gasteiger partial charge on any atom is 0.242 e. The van der Waals surface area contributed by atoms with E-state index in [1.54, 1.807) is 24.0 Å². The van der Waals surface area contributed by atoms with Gasteiger partial charge in [-0.3, -0.25) is 0 Å². The van der Waals surface area contributed by atoms with Crippen LogP contribution in [0.4, 0.5) is 0 Å². The highest BCUT2D eigenvalue weighted by Crippen LogP contribution is 2.19. The van der Waals surface area contributed by atoms with Gasteiger partial charge in [-0.1, -0.05) is 6.92 Å². The van der Waals surface area contributed by atoms with Crippen molar-refractivity contribution in [2.75, 3.05) is 12.8 Å². The molecule has 1 heterocycles. The summed E-state index contributed by atoms with van der Waals surface area (Å²) >= 11 is 1.64. The quantitative estimate of drug-likeness (QED) is 0.677. The molecule has 0 saturated heterocycles. The summed E-state index contributed by atoms with van der Waals surface area (Å²) in [6.07, 6.45) is 5.97. The predicted octanol–water partition coefficient (Wildman–Crippen LogP) is 1.30. The Morgan fingerprint density at radius 1 is 1.53 bits per heavy atom. The summed E-state index contributed by atoms with van der Waals surface area (Å²) in [5, 5.41) is 3.62. The van der Waals surface area contributed by atoms with Crippen LogP contribution in [0.1, 0.15) is 25.5 Å². The van der Waals surface area contributed by atoms with Gasteiger partial charge < -0.3 is 10.3 Å². The average molecular weight is 303 g/mol. The minimum Gasteiger partial charge on any atom is -0.363 e. The largest absolute Gasteiger partial charge is 0.363 e. The molecule has 5 nitrogen and oxygen atoms in total. The number of H-pyrrole nitrogens is 1. The molecule has 0 amide bonds. The molecule has 3 N–H and O–H groups in total. The van der Waals surface area contributed by atoms with E-state index in [2.05, 4.69) is 15.0 Å². The van der Waals surface area contributed by atoms with E-state index in [1.807, 2.05) is 13.2 Å². The minimum absolute atomic E-state index is 0.268. The lowest BCUT2D eigenvalue weighted by Gasteiger charge is -2.09. The van der Waals surface area contributed by atoms with Crippen LogP contribution in [0.15, 0.2) is 17.2 Å². The zero-order valence-corrected chi connectivity index (χ0v) is 12.9. The van der Waals surface area contributed by atoms with Crippen LogP contribution < -0.4 is 10.0 Å². The minimum atomic E-state index is -3.39. The zero-order valence-electron chi connectivity index (χ0n) is 11.3. The summed E-state index contributed by atoms with van der Waals surface area (Å²) in [5.74, 6) is 0. The Balaban J connectivity index is 1.91. The molecule has 0 bridgehead atoms. The summed E-state index contributed by atoms with van der Waals surface area (Å²) in [6, 6.07) is 2.31. The van der Waals surface area contributed by atoms with Gasteiger partial charge in [0.1, 0.15) is 0 Å².